The highest BCUT2D eigenvalue weighted by atomic mass is 32.2. The van der Waals surface area contributed by atoms with E-state index >= 15 is 0 Å². The van der Waals surface area contributed by atoms with Gasteiger partial charge in [-0.3, -0.25) is 14.5 Å². The predicted octanol–water partition coefficient (Wildman–Crippen LogP) is 1.02. The van der Waals surface area contributed by atoms with Crippen LogP contribution >= 0.6 is 0 Å². The zero-order chi connectivity index (χ0) is 19.4. The lowest BCUT2D eigenvalue weighted by molar-refractivity contribution is 0.101. The number of sulfonamides is 1. The van der Waals surface area contributed by atoms with Crippen LogP contribution in [-0.4, -0.2) is 40.7 Å². The molecule has 142 valence electrons. The van der Waals surface area contributed by atoms with Gasteiger partial charge in [-0.05, 0) is 37.2 Å². The highest BCUT2D eigenvalue weighted by Gasteiger charge is 2.19. The second kappa shape index (κ2) is 7.72. The molecule has 10 heteroatoms. The van der Waals surface area contributed by atoms with Gasteiger partial charge in [-0.1, -0.05) is 0 Å². The van der Waals surface area contributed by atoms with Crippen LogP contribution in [0.3, 0.4) is 0 Å². The van der Waals surface area contributed by atoms with E-state index in [2.05, 4.69) is 20.1 Å². The van der Waals surface area contributed by atoms with E-state index in [9.17, 15) is 13.2 Å². The number of carbonyl (C=O) groups is 1. The summed E-state index contributed by atoms with van der Waals surface area (Å²) in [6.07, 6.45) is 7.44. The number of aromatic nitrogens is 4. The van der Waals surface area contributed by atoms with Crippen LogP contribution in [0.15, 0.2) is 53.9 Å². The van der Waals surface area contributed by atoms with Crippen LogP contribution in [0.25, 0.3) is 0 Å². The third kappa shape index (κ3) is 4.41. The van der Waals surface area contributed by atoms with Gasteiger partial charge < -0.3 is 9.88 Å². The predicted molar refractivity (Wildman–Crippen MR) is 99.8 cm³/mol. The molecular formula is C17H20N6O3S. The number of rotatable bonds is 7. The molecule has 3 heterocycles. The van der Waals surface area contributed by atoms with Crippen molar-refractivity contribution in [3.8, 4) is 0 Å². The molecule has 0 aliphatic rings. The van der Waals surface area contributed by atoms with Crippen LogP contribution < -0.4 is 10.0 Å². The minimum absolute atomic E-state index is 0.0283. The maximum Gasteiger partial charge on any atom is 0.273 e. The molecule has 3 aromatic heterocycles. The summed E-state index contributed by atoms with van der Waals surface area (Å²) in [6, 6.07) is 6.90. The van der Waals surface area contributed by atoms with Gasteiger partial charge in [-0.15, -0.1) is 0 Å². The number of hydrogen-bond donors (Lipinski definition) is 2. The average Bonchev–Trinajstić information content (AvgIpc) is 3.27. The number of nitrogens with zero attached hydrogens (tertiary/aromatic N) is 4. The molecule has 3 aromatic rings. The standard InChI is InChI=1S/C17H20N6O3S/c1-18-27(25,26)14-11-15(22(2)12-14)17(24)20-16-6-10-23(21-16)9-5-13-3-7-19-8-4-13/h3-4,6-8,10-12,18H,5,9H2,1-2H3,(H,20,21,24). The largest absolute Gasteiger partial charge is 0.345 e. The molecule has 0 saturated heterocycles. The summed E-state index contributed by atoms with van der Waals surface area (Å²) in [6.45, 7) is 0.661. The number of hydrogen-bond acceptors (Lipinski definition) is 5. The lowest BCUT2D eigenvalue weighted by Crippen LogP contribution is -2.18. The number of aryl methyl sites for hydroxylation is 3. The van der Waals surface area contributed by atoms with E-state index in [1.807, 2.05) is 12.1 Å². The molecule has 1 amide bonds. The Morgan fingerprint density at radius 2 is 1.96 bits per heavy atom. The summed E-state index contributed by atoms with van der Waals surface area (Å²) >= 11 is 0. The molecule has 0 unspecified atom stereocenters. The van der Waals surface area contributed by atoms with Gasteiger partial charge in [-0.2, -0.15) is 5.10 Å². The maximum atomic E-state index is 12.4. The van der Waals surface area contributed by atoms with E-state index in [4.69, 9.17) is 0 Å². The normalized spacial score (nSPS) is 11.5. The Kier molecular flexibility index (Phi) is 5.38. The number of pyridine rings is 1. The fraction of sp³-hybridized carbons (Fsp3) is 0.235. The van der Waals surface area contributed by atoms with Crippen molar-refractivity contribution in [1.29, 1.82) is 0 Å². The summed E-state index contributed by atoms with van der Waals surface area (Å²) in [5.74, 6) is -0.0385. The van der Waals surface area contributed by atoms with E-state index in [0.717, 1.165) is 12.0 Å². The molecule has 2 N–H and O–H groups in total. The van der Waals surface area contributed by atoms with E-state index in [-0.39, 0.29) is 10.6 Å². The SMILES string of the molecule is CNS(=O)(=O)c1cc(C(=O)Nc2ccn(CCc3ccncc3)n2)n(C)c1. The van der Waals surface area contributed by atoms with Crippen molar-refractivity contribution in [2.45, 2.75) is 17.9 Å². The second-order valence-corrected chi connectivity index (χ2v) is 7.79. The van der Waals surface area contributed by atoms with Gasteiger partial charge in [0.05, 0.1) is 0 Å². The first-order valence-corrected chi connectivity index (χ1v) is 9.71. The molecule has 0 radical (unpaired) electrons. The Morgan fingerprint density at radius 3 is 2.67 bits per heavy atom. The molecule has 9 nitrogen and oxygen atoms in total. The average molecular weight is 388 g/mol. The molecule has 0 aliphatic heterocycles. The summed E-state index contributed by atoms with van der Waals surface area (Å²) in [7, 11) is -0.683. The summed E-state index contributed by atoms with van der Waals surface area (Å²) < 4.78 is 29.1. The number of amides is 1. The van der Waals surface area contributed by atoms with Crippen LogP contribution in [0.5, 0.6) is 0 Å². The zero-order valence-electron chi connectivity index (χ0n) is 15.0. The Labute approximate surface area is 157 Å². The second-order valence-electron chi connectivity index (χ2n) is 5.90. The van der Waals surface area contributed by atoms with Crippen LogP contribution in [0.1, 0.15) is 16.1 Å². The van der Waals surface area contributed by atoms with Crippen molar-refractivity contribution >= 4 is 21.7 Å². The van der Waals surface area contributed by atoms with Gasteiger partial charge in [0.25, 0.3) is 5.91 Å². The van der Waals surface area contributed by atoms with E-state index < -0.39 is 15.9 Å². The minimum Gasteiger partial charge on any atom is -0.345 e. The highest BCUT2D eigenvalue weighted by molar-refractivity contribution is 7.89. The van der Waals surface area contributed by atoms with Crippen LogP contribution in [0.2, 0.25) is 0 Å². The van der Waals surface area contributed by atoms with Crippen molar-refractivity contribution in [3.63, 3.8) is 0 Å². The highest BCUT2D eigenvalue weighted by Crippen LogP contribution is 2.15. The van der Waals surface area contributed by atoms with Crippen molar-refractivity contribution in [1.82, 2.24) is 24.1 Å². The maximum absolute atomic E-state index is 12.4. The lowest BCUT2D eigenvalue weighted by Gasteiger charge is -2.04. The van der Waals surface area contributed by atoms with Crippen LogP contribution in [-0.2, 0) is 30.0 Å². The smallest absolute Gasteiger partial charge is 0.273 e. The molecule has 0 bridgehead atoms. The monoisotopic (exact) mass is 388 g/mol. The Balaban J connectivity index is 1.66. The molecular weight excluding hydrogens is 368 g/mol. The Bertz CT molecular complexity index is 1040. The third-order valence-corrected chi connectivity index (χ3v) is 5.43. The molecule has 0 fully saturated rings. The van der Waals surface area contributed by atoms with Crippen molar-refractivity contribution in [3.05, 3.63) is 60.3 Å². The molecule has 3 rings (SSSR count). The van der Waals surface area contributed by atoms with E-state index in [0.29, 0.717) is 12.4 Å². The number of nitrogens with one attached hydrogen (secondary N) is 2. The first-order valence-electron chi connectivity index (χ1n) is 8.22. The molecule has 0 aromatic carbocycles. The topological polar surface area (TPSA) is 111 Å². The quantitative estimate of drug-likeness (QED) is 0.628. The van der Waals surface area contributed by atoms with Gasteiger partial charge >= 0.3 is 0 Å². The summed E-state index contributed by atoms with van der Waals surface area (Å²) in [4.78, 5) is 16.5. The number of carbonyl (C=O) groups excluding carboxylic acids is 1. The van der Waals surface area contributed by atoms with Gasteiger partial charge in [-0.25, -0.2) is 13.1 Å². The molecule has 0 spiro atoms. The number of anilines is 1. The van der Waals surface area contributed by atoms with Gasteiger partial charge in [0.1, 0.15) is 10.6 Å². The first kappa shape index (κ1) is 18.8. The van der Waals surface area contributed by atoms with Crippen molar-refractivity contribution < 1.29 is 13.2 Å². The Morgan fingerprint density at radius 1 is 1.22 bits per heavy atom. The first-order chi connectivity index (χ1) is 12.9. The fourth-order valence-electron chi connectivity index (χ4n) is 2.55. The summed E-state index contributed by atoms with van der Waals surface area (Å²) in [5, 5.41) is 7.00. The molecule has 0 aliphatic carbocycles. The zero-order valence-corrected chi connectivity index (χ0v) is 15.8. The summed E-state index contributed by atoms with van der Waals surface area (Å²) in [5.41, 5.74) is 1.36. The third-order valence-electron chi connectivity index (χ3n) is 4.05. The van der Waals surface area contributed by atoms with Crippen LogP contribution in [0, 0.1) is 0 Å². The van der Waals surface area contributed by atoms with E-state index in [1.165, 1.54) is 23.9 Å². The Hall–Kier alpha value is -2.98. The van der Waals surface area contributed by atoms with Crippen LogP contribution in [0.4, 0.5) is 5.82 Å². The minimum atomic E-state index is -3.61. The molecule has 0 atom stereocenters. The van der Waals surface area contributed by atoms with Gasteiger partial charge in [0.15, 0.2) is 5.82 Å². The lowest BCUT2D eigenvalue weighted by atomic mass is 10.2. The van der Waals surface area contributed by atoms with Crippen molar-refractivity contribution in [2.24, 2.45) is 7.05 Å². The molecule has 27 heavy (non-hydrogen) atoms. The van der Waals surface area contributed by atoms with Crippen molar-refractivity contribution in [2.75, 3.05) is 12.4 Å². The fourth-order valence-corrected chi connectivity index (χ4v) is 3.35. The van der Waals surface area contributed by atoms with Gasteiger partial charge in [0, 0.05) is 44.4 Å². The van der Waals surface area contributed by atoms with E-state index in [1.54, 1.807) is 36.4 Å². The molecule has 0 saturated carbocycles. The van der Waals surface area contributed by atoms with Gasteiger partial charge in [0.2, 0.25) is 10.0 Å².